The molecule has 1 atom stereocenters. The van der Waals surface area contributed by atoms with Crippen molar-refractivity contribution in [1.29, 1.82) is 0 Å². The molecule has 2 N–H and O–H groups in total. The van der Waals surface area contributed by atoms with E-state index in [9.17, 15) is 13.2 Å². The van der Waals surface area contributed by atoms with Crippen molar-refractivity contribution in [2.24, 2.45) is 0 Å². The first kappa shape index (κ1) is 20.9. The molecule has 8 nitrogen and oxygen atoms in total. The maximum Gasteiger partial charge on any atom is 0.251 e. The van der Waals surface area contributed by atoms with Crippen molar-refractivity contribution in [3.05, 3.63) is 47.9 Å². The summed E-state index contributed by atoms with van der Waals surface area (Å²) in [6.07, 6.45) is 5.53. The van der Waals surface area contributed by atoms with E-state index >= 15 is 0 Å². The fourth-order valence-electron chi connectivity index (χ4n) is 3.75. The normalized spacial score (nSPS) is 18.3. The number of sulfonamides is 1. The van der Waals surface area contributed by atoms with Gasteiger partial charge in [0.2, 0.25) is 10.0 Å². The smallest absolute Gasteiger partial charge is 0.251 e. The molecule has 1 amide bonds. The number of methoxy groups -OCH3 is 1. The Hall–Kier alpha value is -2.36. The SMILES string of the molecule is COc1ccc(C(=O)NCC(c2ccco2)N2CCCC2)cc1S(=O)(=O)NC1CC1. The Morgan fingerprint density at radius 2 is 2.03 bits per heavy atom. The second-order valence-corrected chi connectivity index (χ2v) is 9.43. The van der Waals surface area contributed by atoms with Crippen molar-refractivity contribution in [3.63, 3.8) is 0 Å². The third-order valence-corrected chi connectivity index (χ3v) is 7.07. The zero-order chi connectivity index (χ0) is 21.1. The van der Waals surface area contributed by atoms with Crippen LogP contribution in [0.1, 0.15) is 47.8 Å². The number of nitrogens with zero attached hydrogens (tertiary/aromatic N) is 1. The van der Waals surface area contributed by atoms with E-state index in [0.29, 0.717) is 6.54 Å². The number of nitrogens with one attached hydrogen (secondary N) is 2. The molecular weight excluding hydrogens is 406 g/mol. The molecule has 4 rings (SSSR count). The van der Waals surface area contributed by atoms with Crippen LogP contribution < -0.4 is 14.8 Å². The maximum absolute atomic E-state index is 12.8. The summed E-state index contributed by atoms with van der Waals surface area (Å²) in [5.74, 6) is 0.685. The van der Waals surface area contributed by atoms with Gasteiger partial charge in [-0.15, -0.1) is 0 Å². The molecule has 2 aromatic rings. The van der Waals surface area contributed by atoms with Gasteiger partial charge < -0.3 is 14.5 Å². The Morgan fingerprint density at radius 3 is 2.67 bits per heavy atom. The van der Waals surface area contributed by atoms with Crippen LogP contribution in [0.3, 0.4) is 0 Å². The average molecular weight is 434 g/mol. The number of hydrogen-bond donors (Lipinski definition) is 2. The molecule has 1 saturated heterocycles. The number of likely N-dealkylation sites (tertiary alicyclic amines) is 1. The van der Waals surface area contributed by atoms with E-state index in [2.05, 4.69) is 14.9 Å². The van der Waals surface area contributed by atoms with E-state index in [0.717, 1.165) is 44.5 Å². The summed E-state index contributed by atoms with van der Waals surface area (Å²) in [4.78, 5) is 15.1. The van der Waals surface area contributed by atoms with Crippen LogP contribution >= 0.6 is 0 Å². The van der Waals surface area contributed by atoms with Crippen LogP contribution in [-0.2, 0) is 10.0 Å². The molecule has 1 unspecified atom stereocenters. The fraction of sp³-hybridized carbons (Fsp3) is 0.476. The third kappa shape index (κ3) is 4.69. The summed E-state index contributed by atoms with van der Waals surface area (Å²) in [5, 5.41) is 2.94. The first-order valence-electron chi connectivity index (χ1n) is 10.2. The Bertz CT molecular complexity index is 980. The molecule has 1 aromatic heterocycles. The van der Waals surface area contributed by atoms with E-state index in [1.165, 1.54) is 19.2 Å². The molecule has 9 heteroatoms. The van der Waals surface area contributed by atoms with Gasteiger partial charge in [-0.05, 0) is 69.1 Å². The molecule has 2 aliphatic rings. The summed E-state index contributed by atoms with van der Waals surface area (Å²) in [6, 6.07) is 8.13. The third-order valence-electron chi connectivity index (χ3n) is 5.52. The van der Waals surface area contributed by atoms with Gasteiger partial charge in [0, 0.05) is 18.2 Å². The molecule has 0 bridgehead atoms. The zero-order valence-electron chi connectivity index (χ0n) is 17.0. The van der Waals surface area contributed by atoms with Crippen LogP contribution in [0.5, 0.6) is 5.75 Å². The molecular formula is C21H27N3O5S. The first-order chi connectivity index (χ1) is 14.5. The average Bonchev–Trinajstić information content (AvgIpc) is 3.18. The standard InChI is InChI=1S/C21H27N3O5S/c1-28-19-9-6-15(13-20(19)30(26,27)23-16-7-8-16)21(25)22-14-17(18-5-4-12-29-18)24-10-2-3-11-24/h4-6,9,12-13,16-17,23H,2-3,7-8,10-11,14H2,1H3,(H,22,25). The van der Waals surface area contributed by atoms with Gasteiger partial charge in [-0.25, -0.2) is 13.1 Å². The highest BCUT2D eigenvalue weighted by molar-refractivity contribution is 7.89. The lowest BCUT2D eigenvalue weighted by Crippen LogP contribution is -2.36. The van der Waals surface area contributed by atoms with Gasteiger partial charge in [0.25, 0.3) is 5.91 Å². The number of hydrogen-bond acceptors (Lipinski definition) is 6. The van der Waals surface area contributed by atoms with Crippen molar-refractivity contribution in [1.82, 2.24) is 14.9 Å². The number of rotatable bonds is 9. The molecule has 2 heterocycles. The molecule has 1 saturated carbocycles. The second kappa shape index (κ2) is 8.79. The minimum atomic E-state index is -3.75. The van der Waals surface area contributed by atoms with Gasteiger partial charge in [0.15, 0.2) is 0 Å². The largest absolute Gasteiger partial charge is 0.495 e. The van der Waals surface area contributed by atoms with E-state index in [-0.39, 0.29) is 34.2 Å². The molecule has 30 heavy (non-hydrogen) atoms. The van der Waals surface area contributed by atoms with Crippen molar-refractivity contribution < 1.29 is 22.4 Å². The van der Waals surface area contributed by atoms with Gasteiger partial charge in [-0.2, -0.15) is 0 Å². The van der Waals surface area contributed by atoms with E-state index < -0.39 is 10.0 Å². The van der Waals surface area contributed by atoms with Crippen molar-refractivity contribution in [2.75, 3.05) is 26.7 Å². The van der Waals surface area contributed by atoms with E-state index in [1.54, 1.807) is 12.3 Å². The highest BCUT2D eigenvalue weighted by Gasteiger charge is 2.31. The fourth-order valence-corrected chi connectivity index (χ4v) is 5.25. The van der Waals surface area contributed by atoms with Crippen molar-refractivity contribution in [2.45, 2.75) is 42.7 Å². The minimum absolute atomic E-state index is 0.0216. The lowest BCUT2D eigenvalue weighted by atomic mass is 10.1. The van der Waals surface area contributed by atoms with E-state index in [4.69, 9.17) is 9.15 Å². The number of furan rings is 1. The van der Waals surface area contributed by atoms with Crippen LogP contribution in [0, 0.1) is 0 Å². The molecule has 162 valence electrons. The first-order valence-corrected chi connectivity index (χ1v) is 11.7. The zero-order valence-corrected chi connectivity index (χ0v) is 17.8. The van der Waals surface area contributed by atoms with Gasteiger partial charge in [-0.1, -0.05) is 0 Å². The van der Waals surface area contributed by atoms with Crippen molar-refractivity contribution in [3.8, 4) is 5.75 Å². The maximum atomic E-state index is 12.8. The Balaban J connectivity index is 1.50. The van der Waals surface area contributed by atoms with Gasteiger partial charge in [-0.3, -0.25) is 9.69 Å². The molecule has 1 aliphatic heterocycles. The van der Waals surface area contributed by atoms with Gasteiger partial charge in [0.05, 0.1) is 19.4 Å². The topological polar surface area (TPSA) is 101 Å². The number of carbonyl (C=O) groups is 1. The van der Waals surface area contributed by atoms with Crippen LogP contribution in [0.15, 0.2) is 45.9 Å². The van der Waals surface area contributed by atoms with Crippen LogP contribution in [0.25, 0.3) is 0 Å². The van der Waals surface area contributed by atoms with Crippen LogP contribution in [0.4, 0.5) is 0 Å². The predicted octanol–water partition coefficient (Wildman–Crippen LogP) is 2.30. The van der Waals surface area contributed by atoms with Gasteiger partial charge in [0.1, 0.15) is 16.4 Å². The number of ether oxygens (including phenoxy) is 1. The Labute approximate surface area is 176 Å². The predicted molar refractivity (Wildman–Crippen MR) is 111 cm³/mol. The monoisotopic (exact) mass is 433 g/mol. The molecule has 1 aromatic carbocycles. The highest BCUT2D eigenvalue weighted by atomic mass is 32.2. The Kier molecular flexibility index (Phi) is 6.12. The lowest BCUT2D eigenvalue weighted by Gasteiger charge is -2.26. The summed E-state index contributed by atoms with van der Waals surface area (Å²) in [6.45, 7) is 2.29. The summed E-state index contributed by atoms with van der Waals surface area (Å²) in [7, 11) is -2.34. The minimum Gasteiger partial charge on any atom is -0.495 e. The number of amides is 1. The number of benzene rings is 1. The van der Waals surface area contributed by atoms with E-state index in [1.807, 2.05) is 12.1 Å². The molecule has 1 aliphatic carbocycles. The Morgan fingerprint density at radius 1 is 1.27 bits per heavy atom. The van der Waals surface area contributed by atoms with Crippen LogP contribution in [-0.4, -0.2) is 52.0 Å². The lowest BCUT2D eigenvalue weighted by molar-refractivity contribution is 0.0933. The summed E-state index contributed by atoms with van der Waals surface area (Å²) >= 11 is 0. The molecule has 0 radical (unpaired) electrons. The summed E-state index contributed by atoms with van der Waals surface area (Å²) < 4.78 is 38.8. The molecule has 2 fully saturated rings. The number of carbonyl (C=O) groups excluding carboxylic acids is 1. The second-order valence-electron chi connectivity index (χ2n) is 7.75. The van der Waals surface area contributed by atoms with Crippen molar-refractivity contribution >= 4 is 15.9 Å². The molecule has 0 spiro atoms. The summed E-state index contributed by atoms with van der Waals surface area (Å²) in [5.41, 5.74) is 0.270. The quantitative estimate of drug-likeness (QED) is 0.629. The van der Waals surface area contributed by atoms with Crippen LogP contribution in [0.2, 0.25) is 0 Å². The van der Waals surface area contributed by atoms with Gasteiger partial charge >= 0.3 is 0 Å². The highest BCUT2D eigenvalue weighted by Crippen LogP contribution is 2.29.